The molecule has 0 amide bonds. The number of nitrogens with zero attached hydrogens (tertiary/aromatic N) is 2. The number of amidine groups is 1. The Hall–Kier alpha value is -4.13. The molecule has 0 bridgehead atoms. The number of aliphatic imine (C=N–C) groups is 1. The number of esters is 1. The van der Waals surface area contributed by atoms with E-state index in [9.17, 15) is 18.3 Å². The first-order chi connectivity index (χ1) is 21.6. The Morgan fingerprint density at radius 2 is 1.80 bits per heavy atom. The van der Waals surface area contributed by atoms with Crippen LogP contribution in [0.4, 0.5) is 0 Å². The van der Waals surface area contributed by atoms with Gasteiger partial charge in [-0.05, 0) is 45.3 Å². The van der Waals surface area contributed by atoms with Gasteiger partial charge in [0.2, 0.25) is 10.0 Å². The molecule has 10 nitrogen and oxygen atoms in total. The molecule has 1 aliphatic rings. The molecule has 2 heterocycles. The highest BCUT2D eigenvalue weighted by molar-refractivity contribution is 9.11. The zero-order chi connectivity index (χ0) is 33.6. The van der Waals surface area contributed by atoms with Crippen LogP contribution in [0.2, 0.25) is 0 Å². The van der Waals surface area contributed by atoms with Crippen molar-refractivity contribution in [2.75, 3.05) is 14.2 Å². The summed E-state index contributed by atoms with van der Waals surface area (Å²) < 4.78 is 33.6. The number of aromatic nitrogens is 1. The number of hydrogen-bond donors (Lipinski definition) is 4. The number of aromatic amines is 1. The molecular weight excluding hydrogens is 658 g/mol. The van der Waals surface area contributed by atoms with Crippen LogP contribution >= 0.6 is 15.9 Å². The Morgan fingerprint density at radius 3 is 2.44 bits per heavy atom. The van der Waals surface area contributed by atoms with Gasteiger partial charge < -0.3 is 25.0 Å². The van der Waals surface area contributed by atoms with Crippen molar-refractivity contribution in [3.05, 3.63) is 112 Å². The van der Waals surface area contributed by atoms with Crippen LogP contribution in [0.15, 0.2) is 99.7 Å². The van der Waals surface area contributed by atoms with Gasteiger partial charge in [-0.25, -0.2) is 17.9 Å². The van der Waals surface area contributed by atoms with Crippen molar-refractivity contribution in [3.63, 3.8) is 0 Å². The van der Waals surface area contributed by atoms with Gasteiger partial charge in [0.05, 0.1) is 23.8 Å². The highest BCUT2D eigenvalue weighted by atomic mass is 79.9. The van der Waals surface area contributed by atoms with E-state index in [-0.39, 0.29) is 22.9 Å². The number of hydrogen-bond acceptors (Lipinski definition) is 7. The van der Waals surface area contributed by atoms with E-state index in [4.69, 9.17) is 4.99 Å². The number of methoxy groups -OCH3 is 1. The first-order valence-electron chi connectivity index (χ1n) is 14.5. The van der Waals surface area contributed by atoms with E-state index in [1.165, 1.54) is 25.8 Å². The topological polar surface area (TPSA) is 136 Å². The minimum Gasteiger partial charge on any atom is -0.507 e. The van der Waals surface area contributed by atoms with Gasteiger partial charge in [-0.3, -0.25) is 4.99 Å². The number of ether oxygens (including phenoxy) is 1. The summed E-state index contributed by atoms with van der Waals surface area (Å²) >= 11 is 3.52. The number of benzene rings is 2. The third-order valence-corrected chi connectivity index (χ3v) is 8.22. The largest absolute Gasteiger partial charge is 0.507 e. The second-order valence-electron chi connectivity index (χ2n) is 9.39. The minimum atomic E-state index is -3.97. The molecule has 0 spiro atoms. The first kappa shape index (κ1) is 37.1. The minimum absolute atomic E-state index is 0.0128. The van der Waals surface area contributed by atoms with Gasteiger partial charge >= 0.3 is 5.97 Å². The molecule has 0 unspecified atom stereocenters. The number of aromatic hydroxyl groups is 1. The number of phenolic OH excluding ortho intramolecular Hbond substituents is 1. The van der Waals surface area contributed by atoms with E-state index in [0.29, 0.717) is 29.5 Å². The number of rotatable bonds is 9. The molecule has 0 atom stereocenters. The van der Waals surface area contributed by atoms with E-state index in [1.807, 2.05) is 62.2 Å². The van der Waals surface area contributed by atoms with Crippen molar-refractivity contribution in [2.45, 2.75) is 52.1 Å². The summed E-state index contributed by atoms with van der Waals surface area (Å²) in [5.41, 5.74) is 2.73. The highest BCUT2D eigenvalue weighted by Gasteiger charge is 2.25. The number of sulfonamides is 1. The summed E-state index contributed by atoms with van der Waals surface area (Å²) in [6.07, 6.45) is 6.12. The number of para-hydroxylation sites is 1. The Balaban J connectivity index is 0.00000133. The zero-order valence-corrected chi connectivity index (χ0v) is 28.9. The van der Waals surface area contributed by atoms with E-state index in [0.717, 1.165) is 15.6 Å². The molecule has 0 fully saturated rings. The molecule has 4 rings (SSSR count). The Kier molecular flexibility index (Phi) is 14.8. The van der Waals surface area contributed by atoms with E-state index in [1.54, 1.807) is 24.3 Å². The molecule has 0 radical (unpaired) electrons. The van der Waals surface area contributed by atoms with Gasteiger partial charge in [0.15, 0.2) is 0 Å². The van der Waals surface area contributed by atoms with Crippen LogP contribution in [-0.2, 0) is 27.8 Å². The van der Waals surface area contributed by atoms with Crippen LogP contribution < -0.4 is 10.0 Å². The third kappa shape index (κ3) is 9.93. The van der Waals surface area contributed by atoms with Crippen molar-refractivity contribution in [2.24, 2.45) is 4.99 Å². The van der Waals surface area contributed by atoms with Crippen molar-refractivity contribution >= 4 is 43.5 Å². The summed E-state index contributed by atoms with van der Waals surface area (Å²) in [6, 6.07) is 15.7. The fourth-order valence-corrected chi connectivity index (χ4v) is 5.55. The average Bonchev–Trinajstić information content (AvgIpc) is 3.56. The van der Waals surface area contributed by atoms with Gasteiger partial charge in [0.25, 0.3) is 0 Å². The molecule has 0 aliphatic carbocycles. The van der Waals surface area contributed by atoms with Gasteiger partial charge in [0, 0.05) is 31.4 Å². The molecule has 4 N–H and O–H groups in total. The van der Waals surface area contributed by atoms with Crippen LogP contribution in [0, 0.1) is 0 Å². The smallest absolute Gasteiger partial charge is 0.355 e. The second kappa shape index (κ2) is 18.0. The van der Waals surface area contributed by atoms with Gasteiger partial charge in [-0.2, -0.15) is 0 Å². The molecule has 45 heavy (non-hydrogen) atoms. The Labute approximate surface area is 274 Å². The molecule has 242 valence electrons. The van der Waals surface area contributed by atoms with Gasteiger partial charge in [-0.15, -0.1) is 0 Å². The zero-order valence-electron chi connectivity index (χ0n) is 26.5. The van der Waals surface area contributed by atoms with Crippen molar-refractivity contribution in [3.8, 4) is 5.75 Å². The van der Waals surface area contributed by atoms with E-state index >= 15 is 0 Å². The van der Waals surface area contributed by atoms with Crippen molar-refractivity contribution in [1.29, 1.82) is 0 Å². The monoisotopic (exact) mass is 699 g/mol. The van der Waals surface area contributed by atoms with Crippen LogP contribution in [0.5, 0.6) is 5.75 Å². The van der Waals surface area contributed by atoms with Crippen LogP contribution in [0.25, 0.3) is 5.70 Å². The normalized spacial score (nSPS) is 14.6. The predicted molar refractivity (Wildman–Crippen MR) is 184 cm³/mol. The average molecular weight is 701 g/mol. The quantitative estimate of drug-likeness (QED) is 0.184. The number of likely N-dealkylation sites (N-methyl/N-ethyl adjacent to an activating group) is 1. The molecular formula is C33H42BrN5O5S. The van der Waals surface area contributed by atoms with Crippen molar-refractivity contribution in [1.82, 2.24) is 19.9 Å². The molecule has 1 aromatic heterocycles. The summed E-state index contributed by atoms with van der Waals surface area (Å²) in [5, 5.41) is 13.7. The standard InChI is InChI=1S/C28H28BrN5O5S.C3H8.C2H6/c1-4-21(29)27-33-22(20-10-5-6-11-23(20)35)15-25(34(27)2)31-16-18-8-7-9-19(14-18)17-32-40(37,38)24-12-13-30-26(24)28(36)39-3;1-3-2;1-2/h4-15,30,32-33,35H,1,16-17H2,2-3H3;3H2,1-2H3;1-2H3/b27-21+,31-25?;;. The van der Waals surface area contributed by atoms with Crippen LogP contribution in [0.3, 0.4) is 0 Å². The maximum absolute atomic E-state index is 12.8. The Bertz CT molecular complexity index is 1660. The third-order valence-electron chi connectivity index (χ3n) is 6.07. The highest BCUT2D eigenvalue weighted by Crippen LogP contribution is 2.29. The maximum atomic E-state index is 12.8. The fourth-order valence-electron chi connectivity index (χ4n) is 4.01. The van der Waals surface area contributed by atoms with Crippen LogP contribution in [-0.4, -0.2) is 49.4 Å². The molecule has 0 saturated carbocycles. The lowest BCUT2D eigenvalue weighted by atomic mass is 10.1. The van der Waals surface area contributed by atoms with Gasteiger partial charge in [-0.1, -0.05) is 83.2 Å². The maximum Gasteiger partial charge on any atom is 0.355 e. The van der Waals surface area contributed by atoms with E-state index in [2.05, 4.69) is 56.1 Å². The molecule has 12 heteroatoms. The lowest BCUT2D eigenvalue weighted by molar-refractivity contribution is 0.0590. The lowest BCUT2D eigenvalue weighted by Crippen LogP contribution is -2.37. The van der Waals surface area contributed by atoms with Crippen molar-refractivity contribution < 1.29 is 23.1 Å². The number of carbonyl (C=O) groups excluding carboxylic acids is 1. The molecule has 3 aromatic rings. The number of nitrogens with one attached hydrogen (secondary N) is 3. The molecule has 0 saturated heterocycles. The lowest BCUT2D eigenvalue weighted by Gasteiger charge is -2.31. The number of H-pyrrole nitrogens is 1. The number of carbonyl (C=O) groups is 1. The van der Waals surface area contributed by atoms with Crippen LogP contribution in [0.1, 0.15) is 61.3 Å². The Morgan fingerprint density at radius 1 is 1.13 bits per heavy atom. The number of phenols is 1. The molecule has 2 aromatic carbocycles. The number of allylic oxidation sites excluding steroid dienone is 2. The van der Waals surface area contributed by atoms with Gasteiger partial charge in [0.1, 0.15) is 28.0 Å². The summed E-state index contributed by atoms with van der Waals surface area (Å²) in [5.74, 6) is 0.702. The molecule has 1 aliphatic heterocycles. The number of halogens is 1. The summed E-state index contributed by atoms with van der Waals surface area (Å²) in [7, 11) is -0.931. The SMILES string of the molecule is C=C/C(Br)=C1/NC(c2ccccc2O)=CC(=NCc2cccc(CNS(=O)(=O)c3cc[nH]c3C(=O)OC)c2)N1C.CC.CCC. The second-order valence-corrected chi connectivity index (χ2v) is 12.0. The predicted octanol–water partition coefficient (Wildman–Crippen LogP) is 6.65. The first-order valence-corrected chi connectivity index (χ1v) is 16.7. The van der Waals surface area contributed by atoms with E-state index < -0.39 is 16.0 Å². The summed E-state index contributed by atoms with van der Waals surface area (Å²) in [4.78, 5) is 21.0. The fraction of sp³-hybridized carbons (Fsp3) is 0.273. The summed E-state index contributed by atoms with van der Waals surface area (Å²) in [6.45, 7) is 12.4.